The largest absolute Gasteiger partial charge is 0.311 e. The Balaban J connectivity index is 1.36. The third-order valence-corrected chi connectivity index (χ3v) is 9.20. The summed E-state index contributed by atoms with van der Waals surface area (Å²) in [7, 11) is 0. The second-order valence-corrected chi connectivity index (χ2v) is 11.9. The Morgan fingerprint density at radius 3 is 1.30 bits per heavy atom. The predicted octanol–water partition coefficient (Wildman–Crippen LogP) is 8.20. The number of fused-ring (bicyclic) bond motifs is 4. The van der Waals surface area contributed by atoms with E-state index in [1.807, 2.05) is 24.5 Å². The monoisotopic (exact) mass is 588 g/mol. The van der Waals surface area contributed by atoms with E-state index in [4.69, 9.17) is 9.97 Å². The van der Waals surface area contributed by atoms with Crippen LogP contribution in [-0.2, 0) is 0 Å². The van der Waals surface area contributed by atoms with Gasteiger partial charge < -0.3 is 9.80 Å². The molecule has 5 heteroatoms. The van der Waals surface area contributed by atoms with Crippen LogP contribution in [0.3, 0.4) is 0 Å². The molecule has 0 atom stereocenters. The lowest BCUT2D eigenvalue weighted by Gasteiger charge is -2.44. The van der Waals surface area contributed by atoms with Crippen LogP contribution in [0.25, 0.3) is 22.5 Å². The molecule has 216 valence electrons. The molecule has 2 aliphatic rings. The quantitative estimate of drug-likeness (QED) is 0.194. The highest BCUT2D eigenvalue weighted by atomic mass is 15.2. The van der Waals surface area contributed by atoms with Crippen molar-refractivity contribution in [2.75, 3.05) is 9.80 Å². The zero-order valence-electron chi connectivity index (χ0n) is 25.4. The number of pyridine rings is 2. The molecule has 9 rings (SSSR count). The number of nitrogens with zero attached hydrogens (tertiary/aromatic N) is 4. The average Bonchev–Trinajstić information content (AvgIpc) is 3.12. The molecular weight excluding hydrogens is 559 g/mol. The zero-order valence-corrected chi connectivity index (χ0v) is 25.4. The summed E-state index contributed by atoms with van der Waals surface area (Å²) in [5, 5.41) is 0. The third-order valence-electron chi connectivity index (χ3n) is 9.20. The van der Waals surface area contributed by atoms with Gasteiger partial charge in [0.1, 0.15) is 0 Å². The second kappa shape index (κ2) is 10.6. The molecule has 0 bridgehead atoms. The number of hydrogen-bond acceptors (Lipinski definition) is 4. The van der Waals surface area contributed by atoms with Gasteiger partial charge in [-0.2, -0.15) is 0 Å². The summed E-state index contributed by atoms with van der Waals surface area (Å²) in [6, 6.07) is 52.0. The van der Waals surface area contributed by atoms with Crippen LogP contribution in [0, 0.1) is 6.92 Å². The van der Waals surface area contributed by atoms with E-state index in [0.717, 1.165) is 33.9 Å². The lowest BCUT2D eigenvalue weighted by Crippen LogP contribution is -2.61. The molecule has 0 N–H and O–H groups in total. The maximum Gasteiger partial charge on any atom is 0.252 e. The minimum Gasteiger partial charge on any atom is -0.311 e. The number of aromatic nitrogens is 2. The summed E-state index contributed by atoms with van der Waals surface area (Å²) in [6.45, 7) is 2.29. The minimum absolute atomic E-state index is 0.0783. The SMILES string of the molecule is Cc1cc2c3c(c1)N(c1ccccc1-c1ccccn1)c1ccccc1B3c1ccccc1N2c1ccccc1-c1ccccn1. The lowest BCUT2D eigenvalue weighted by atomic mass is 9.33. The Labute approximate surface area is 269 Å². The first-order chi connectivity index (χ1) is 22.8. The van der Waals surface area contributed by atoms with Gasteiger partial charge in [-0.1, -0.05) is 84.9 Å². The molecule has 0 fully saturated rings. The Kier molecular flexibility index (Phi) is 6.10. The van der Waals surface area contributed by atoms with Crippen LogP contribution in [0.2, 0.25) is 0 Å². The number of benzene rings is 5. The molecule has 4 nitrogen and oxygen atoms in total. The van der Waals surface area contributed by atoms with E-state index in [1.54, 1.807) is 0 Å². The smallest absolute Gasteiger partial charge is 0.252 e. The van der Waals surface area contributed by atoms with E-state index in [-0.39, 0.29) is 6.71 Å². The summed E-state index contributed by atoms with van der Waals surface area (Å²) in [5.74, 6) is 0. The fraction of sp³-hybridized carbons (Fsp3) is 0.0244. The van der Waals surface area contributed by atoms with Gasteiger partial charge in [0.2, 0.25) is 0 Å². The topological polar surface area (TPSA) is 32.3 Å². The van der Waals surface area contributed by atoms with E-state index in [9.17, 15) is 0 Å². The Morgan fingerprint density at radius 1 is 0.435 bits per heavy atom. The Bertz CT molecular complexity index is 2090. The third kappa shape index (κ3) is 4.02. The van der Waals surface area contributed by atoms with Crippen LogP contribution in [0.15, 0.2) is 158 Å². The summed E-state index contributed by atoms with van der Waals surface area (Å²) in [6.07, 6.45) is 3.74. The van der Waals surface area contributed by atoms with Crippen molar-refractivity contribution in [1.82, 2.24) is 9.97 Å². The van der Waals surface area contributed by atoms with Gasteiger partial charge in [0, 0.05) is 46.3 Å². The Morgan fingerprint density at radius 2 is 0.848 bits per heavy atom. The molecule has 0 unspecified atom stereocenters. The maximum atomic E-state index is 4.77. The van der Waals surface area contributed by atoms with E-state index < -0.39 is 0 Å². The van der Waals surface area contributed by atoms with Crippen molar-refractivity contribution in [1.29, 1.82) is 0 Å². The average molecular weight is 589 g/mol. The van der Waals surface area contributed by atoms with E-state index in [1.165, 1.54) is 44.7 Å². The van der Waals surface area contributed by atoms with Crippen molar-refractivity contribution in [2.24, 2.45) is 0 Å². The second-order valence-electron chi connectivity index (χ2n) is 11.9. The highest BCUT2D eigenvalue weighted by molar-refractivity contribution is 7.00. The van der Waals surface area contributed by atoms with Gasteiger partial charge in [-0.15, -0.1) is 0 Å². The molecule has 5 aromatic carbocycles. The van der Waals surface area contributed by atoms with Crippen molar-refractivity contribution in [3.05, 3.63) is 164 Å². The zero-order chi connectivity index (χ0) is 30.6. The highest BCUT2D eigenvalue weighted by Crippen LogP contribution is 2.47. The van der Waals surface area contributed by atoms with Crippen LogP contribution in [0.4, 0.5) is 34.1 Å². The minimum atomic E-state index is 0.0783. The number of rotatable bonds is 4. The number of para-hydroxylation sites is 4. The van der Waals surface area contributed by atoms with Crippen molar-refractivity contribution < 1.29 is 0 Å². The van der Waals surface area contributed by atoms with Crippen molar-refractivity contribution >= 4 is 57.2 Å². The van der Waals surface area contributed by atoms with E-state index in [0.29, 0.717) is 0 Å². The fourth-order valence-corrected chi connectivity index (χ4v) is 7.37. The van der Waals surface area contributed by atoms with Gasteiger partial charge >= 0.3 is 0 Å². The molecule has 2 aromatic heterocycles. The van der Waals surface area contributed by atoms with Crippen LogP contribution in [0.1, 0.15) is 5.56 Å². The van der Waals surface area contributed by atoms with Gasteiger partial charge in [-0.3, -0.25) is 9.97 Å². The molecule has 0 saturated heterocycles. The summed E-state index contributed by atoms with van der Waals surface area (Å²) >= 11 is 0. The molecular formula is C41H29BN4. The van der Waals surface area contributed by atoms with Crippen molar-refractivity contribution in [3.63, 3.8) is 0 Å². The number of aryl methyl sites for hydroxylation is 1. The molecule has 0 radical (unpaired) electrons. The maximum absolute atomic E-state index is 4.77. The first-order valence-corrected chi connectivity index (χ1v) is 15.7. The first-order valence-electron chi connectivity index (χ1n) is 15.7. The normalized spacial score (nSPS) is 12.8. The van der Waals surface area contributed by atoms with Crippen LogP contribution < -0.4 is 26.2 Å². The van der Waals surface area contributed by atoms with Gasteiger partial charge in [0.15, 0.2) is 0 Å². The van der Waals surface area contributed by atoms with E-state index >= 15 is 0 Å². The van der Waals surface area contributed by atoms with Crippen molar-refractivity contribution in [3.8, 4) is 22.5 Å². The number of hydrogen-bond donors (Lipinski definition) is 0. The Hall–Kier alpha value is -5.94. The first kappa shape index (κ1) is 26.5. The molecule has 2 aliphatic heterocycles. The molecule has 4 heterocycles. The van der Waals surface area contributed by atoms with Crippen molar-refractivity contribution in [2.45, 2.75) is 6.92 Å². The molecule has 0 saturated carbocycles. The van der Waals surface area contributed by atoms with Gasteiger partial charge in [-0.05, 0) is 89.5 Å². The standard InChI is InChI=1S/C41H29BN4/c1-28-26-39-41-40(27-28)46(36-21-7-3-15-30(36)34-19-11-13-25-44-34)38-23-9-5-17-32(38)42(41)31-16-4-8-22-37(31)45(39)35-20-6-2-14-29(35)33-18-10-12-24-43-33/h2-27H,1H3. The molecule has 0 amide bonds. The van der Waals surface area contributed by atoms with Crippen LogP contribution in [0.5, 0.6) is 0 Å². The fourth-order valence-electron chi connectivity index (χ4n) is 7.37. The number of anilines is 6. The molecule has 46 heavy (non-hydrogen) atoms. The lowest BCUT2D eigenvalue weighted by molar-refractivity contribution is 1.23. The van der Waals surface area contributed by atoms with Crippen LogP contribution >= 0.6 is 0 Å². The van der Waals surface area contributed by atoms with Crippen LogP contribution in [-0.4, -0.2) is 16.7 Å². The van der Waals surface area contributed by atoms with E-state index in [2.05, 4.69) is 150 Å². The van der Waals surface area contributed by atoms with Gasteiger partial charge in [0.25, 0.3) is 6.71 Å². The van der Waals surface area contributed by atoms with Gasteiger partial charge in [-0.25, -0.2) is 0 Å². The highest BCUT2D eigenvalue weighted by Gasteiger charge is 2.43. The predicted molar refractivity (Wildman–Crippen MR) is 192 cm³/mol. The molecule has 0 aliphatic carbocycles. The summed E-state index contributed by atoms with van der Waals surface area (Å²) in [5.41, 5.74) is 16.2. The summed E-state index contributed by atoms with van der Waals surface area (Å²) < 4.78 is 0. The summed E-state index contributed by atoms with van der Waals surface area (Å²) in [4.78, 5) is 14.5. The molecule has 0 spiro atoms. The van der Waals surface area contributed by atoms with Gasteiger partial charge in [0.05, 0.1) is 22.8 Å². The molecule has 7 aromatic rings.